The zero-order valence-electron chi connectivity index (χ0n) is 13.0. The number of ether oxygens (including phenoxy) is 1. The lowest BCUT2D eigenvalue weighted by Gasteiger charge is -2.31. The van der Waals surface area contributed by atoms with Crippen molar-refractivity contribution in [2.24, 2.45) is 5.73 Å². The third kappa shape index (κ3) is 4.70. The van der Waals surface area contributed by atoms with Crippen molar-refractivity contribution in [2.45, 2.75) is 31.5 Å². The molecule has 0 saturated carbocycles. The molecule has 1 fully saturated rings. The monoisotopic (exact) mass is 344 g/mol. The highest BCUT2D eigenvalue weighted by Crippen LogP contribution is 2.30. The summed E-state index contributed by atoms with van der Waals surface area (Å²) in [6.45, 7) is 0.872. The van der Waals surface area contributed by atoms with Crippen molar-refractivity contribution < 1.29 is 27.5 Å². The Labute approximate surface area is 137 Å². The van der Waals surface area contributed by atoms with Crippen molar-refractivity contribution in [3.05, 3.63) is 35.4 Å². The van der Waals surface area contributed by atoms with Crippen molar-refractivity contribution in [1.29, 1.82) is 0 Å². The fraction of sp³-hybridized carbons (Fsp3) is 0.500. The van der Waals surface area contributed by atoms with Crippen LogP contribution in [0.5, 0.6) is 0 Å². The Balaban J connectivity index is 1.95. The first kappa shape index (κ1) is 18.3. The number of amides is 1. The summed E-state index contributed by atoms with van der Waals surface area (Å²) >= 11 is 0. The van der Waals surface area contributed by atoms with Crippen LogP contribution in [0.3, 0.4) is 0 Å². The highest BCUT2D eigenvalue weighted by molar-refractivity contribution is 5.94. The summed E-state index contributed by atoms with van der Waals surface area (Å²) in [6.07, 6.45) is -3.71. The quantitative estimate of drug-likeness (QED) is 0.850. The van der Waals surface area contributed by atoms with Gasteiger partial charge in [0.25, 0.3) is 5.91 Å². The molecule has 0 aromatic heterocycles. The van der Waals surface area contributed by atoms with Crippen LogP contribution in [0.25, 0.3) is 0 Å². The van der Waals surface area contributed by atoms with Gasteiger partial charge in [0.05, 0.1) is 12.0 Å². The molecule has 1 aromatic rings. The molecular formula is C16H19F3N2O3. The maximum absolute atomic E-state index is 12.7. The first-order valence-corrected chi connectivity index (χ1v) is 7.67. The second-order valence-electron chi connectivity index (χ2n) is 5.60. The summed E-state index contributed by atoms with van der Waals surface area (Å²) in [4.78, 5) is 25.2. The second kappa shape index (κ2) is 7.65. The average Bonchev–Trinajstić information content (AvgIpc) is 2.54. The molecule has 0 bridgehead atoms. The van der Waals surface area contributed by atoms with E-state index < -0.39 is 17.6 Å². The van der Waals surface area contributed by atoms with E-state index in [4.69, 9.17) is 10.5 Å². The maximum Gasteiger partial charge on any atom is 0.416 e. The molecule has 132 valence electrons. The van der Waals surface area contributed by atoms with Gasteiger partial charge < -0.3 is 15.4 Å². The van der Waals surface area contributed by atoms with Gasteiger partial charge in [-0.15, -0.1) is 0 Å². The fourth-order valence-electron chi connectivity index (χ4n) is 2.55. The van der Waals surface area contributed by atoms with E-state index >= 15 is 0 Å². The Kier molecular flexibility index (Phi) is 5.82. The zero-order chi connectivity index (χ0) is 17.7. The normalized spacial score (nSPS) is 16.1. The Morgan fingerprint density at radius 1 is 1.25 bits per heavy atom. The molecule has 0 unspecified atom stereocenters. The molecule has 0 atom stereocenters. The molecule has 2 N–H and O–H groups in total. The van der Waals surface area contributed by atoms with Gasteiger partial charge in [0.15, 0.2) is 0 Å². The standard InChI is InChI=1S/C16H19F3N2O3/c17-16(18,19)12-3-1-2-11(10-12)15(23)21-8-5-13(6-9-21)24-14(22)4-7-20/h1-3,10,13H,4-9,20H2. The van der Waals surface area contributed by atoms with Gasteiger partial charge in [-0.3, -0.25) is 9.59 Å². The van der Waals surface area contributed by atoms with Gasteiger partial charge in [-0.05, 0) is 18.2 Å². The Bertz CT molecular complexity index is 596. The maximum atomic E-state index is 12.7. The van der Waals surface area contributed by atoms with Crippen molar-refractivity contribution in [3.63, 3.8) is 0 Å². The molecule has 0 spiro atoms. The summed E-state index contributed by atoms with van der Waals surface area (Å²) < 4.78 is 43.4. The molecular weight excluding hydrogens is 325 g/mol. The smallest absolute Gasteiger partial charge is 0.416 e. The van der Waals surface area contributed by atoms with Crippen LogP contribution in [0.4, 0.5) is 13.2 Å². The predicted octanol–water partition coefficient (Wildman–Crippen LogP) is 2.20. The molecule has 1 aliphatic heterocycles. The molecule has 1 aromatic carbocycles. The van der Waals surface area contributed by atoms with Crippen LogP contribution in [-0.2, 0) is 15.7 Å². The molecule has 2 rings (SSSR count). The second-order valence-corrected chi connectivity index (χ2v) is 5.60. The van der Waals surface area contributed by atoms with Gasteiger partial charge in [0.1, 0.15) is 6.10 Å². The molecule has 0 aliphatic carbocycles. The largest absolute Gasteiger partial charge is 0.462 e. The van der Waals surface area contributed by atoms with E-state index in [-0.39, 0.29) is 30.6 Å². The van der Waals surface area contributed by atoms with E-state index in [1.54, 1.807) is 0 Å². The number of carbonyl (C=O) groups excluding carboxylic acids is 2. The van der Waals surface area contributed by atoms with Gasteiger partial charge >= 0.3 is 12.1 Å². The number of hydrogen-bond donors (Lipinski definition) is 1. The van der Waals surface area contributed by atoms with E-state index in [1.165, 1.54) is 17.0 Å². The number of halogens is 3. The molecule has 1 saturated heterocycles. The van der Waals surface area contributed by atoms with Crippen LogP contribution in [0, 0.1) is 0 Å². The van der Waals surface area contributed by atoms with Crippen molar-refractivity contribution in [2.75, 3.05) is 19.6 Å². The number of hydrogen-bond acceptors (Lipinski definition) is 4. The number of alkyl halides is 3. The van der Waals surface area contributed by atoms with Gasteiger partial charge in [0.2, 0.25) is 0 Å². The molecule has 0 radical (unpaired) electrons. The molecule has 24 heavy (non-hydrogen) atoms. The lowest BCUT2D eigenvalue weighted by molar-refractivity contribution is -0.150. The number of rotatable bonds is 4. The zero-order valence-corrected chi connectivity index (χ0v) is 13.0. The van der Waals surface area contributed by atoms with Crippen molar-refractivity contribution in [1.82, 2.24) is 4.90 Å². The van der Waals surface area contributed by atoms with Crippen LogP contribution < -0.4 is 5.73 Å². The molecule has 1 amide bonds. The van der Waals surface area contributed by atoms with Crippen molar-refractivity contribution in [3.8, 4) is 0 Å². The minimum absolute atomic E-state index is 0.00315. The van der Waals surface area contributed by atoms with Gasteiger partial charge in [-0.25, -0.2) is 0 Å². The number of carbonyl (C=O) groups is 2. The fourth-order valence-corrected chi connectivity index (χ4v) is 2.55. The lowest BCUT2D eigenvalue weighted by Crippen LogP contribution is -2.41. The minimum Gasteiger partial charge on any atom is -0.462 e. The summed E-state index contributed by atoms with van der Waals surface area (Å²) in [5.74, 6) is -0.826. The SMILES string of the molecule is NCCC(=O)OC1CCN(C(=O)c2cccc(C(F)(F)F)c2)CC1. The molecule has 1 heterocycles. The first-order chi connectivity index (χ1) is 11.3. The van der Waals surface area contributed by atoms with E-state index in [0.29, 0.717) is 25.9 Å². The van der Waals surface area contributed by atoms with Crippen LogP contribution in [0.1, 0.15) is 35.2 Å². The van der Waals surface area contributed by atoms with Crippen LogP contribution >= 0.6 is 0 Å². The number of piperidine rings is 1. The highest BCUT2D eigenvalue weighted by atomic mass is 19.4. The first-order valence-electron chi connectivity index (χ1n) is 7.67. The van der Waals surface area contributed by atoms with Gasteiger partial charge in [-0.1, -0.05) is 6.07 Å². The van der Waals surface area contributed by atoms with Crippen LogP contribution in [0.2, 0.25) is 0 Å². The number of esters is 1. The lowest BCUT2D eigenvalue weighted by atomic mass is 10.0. The van der Waals surface area contributed by atoms with Crippen LogP contribution in [-0.4, -0.2) is 42.5 Å². The number of benzene rings is 1. The summed E-state index contributed by atoms with van der Waals surface area (Å²) in [7, 11) is 0. The number of nitrogens with two attached hydrogens (primary N) is 1. The van der Waals surface area contributed by atoms with Crippen LogP contribution in [0.15, 0.2) is 24.3 Å². The Morgan fingerprint density at radius 3 is 2.50 bits per heavy atom. The number of nitrogens with zero attached hydrogens (tertiary/aromatic N) is 1. The predicted molar refractivity (Wildman–Crippen MR) is 80.1 cm³/mol. The van der Waals surface area contributed by atoms with Gasteiger partial charge in [-0.2, -0.15) is 13.2 Å². The highest BCUT2D eigenvalue weighted by Gasteiger charge is 2.32. The topological polar surface area (TPSA) is 72.6 Å². The summed E-state index contributed by atoms with van der Waals surface area (Å²) in [5, 5.41) is 0. The van der Waals surface area contributed by atoms with Gasteiger partial charge in [0, 0.05) is 38.0 Å². The summed E-state index contributed by atoms with van der Waals surface area (Å²) in [5.41, 5.74) is 4.42. The summed E-state index contributed by atoms with van der Waals surface area (Å²) in [6, 6.07) is 4.37. The van der Waals surface area contributed by atoms with E-state index in [0.717, 1.165) is 12.1 Å². The third-order valence-electron chi connectivity index (χ3n) is 3.81. The minimum atomic E-state index is -4.49. The van der Waals surface area contributed by atoms with Crippen molar-refractivity contribution >= 4 is 11.9 Å². The molecule has 8 heteroatoms. The third-order valence-corrected chi connectivity index (χ3v) is 3.81. The van der Waals surface area contributed by atoms with E-state index in [2.05, 4.69) is 0 Å². The molecule has 1 aliphatic rings. The Hall–Kier alpha value is -2.09. The van der Waals surface area contributed by atoms with E-state index in [1.807, 2.05) is 0 Å². The molecule has 5 nitrogen and oxygen atoms in total. The number of likely N-dealkylation sites (tertiary alicyclic amines) is 1. The Morgan fingerprint density at radius 2 is 1.92 bits per heavy atom. The van der Waals surface area contributed by atoms with E-state index in [9.17, 15) is 22.8 Å². The average molecular weight is 344 g/mol.